The molecule has 55 valence electrons. The summed E-state index contributed by atoms with van der Waals surface area (Å²) in [5.41, 5.74) is 0.887. The Bertz CT molecular complexity index is 245. The Hall–Kier alpha value is -0.406. The van der Waals surface area contributed by atoms with Crippen LogP contribution in [0.4, 0.5) is 5.69 Å². The Morgan fingerprint density at radius 2 is 1.73 bits per heavy atom. The van der Waals surface area contributed by atoms with Gasteiger partial charge in [0.15, 0.2) is 0 Å². The van der Waals surface area contributed by atoms with Gasteiger partial charge < -0.3 is 0 Å². The molecule has 0 N–H and O–H groups in total. The third-order valence-corrected chi connectivity index (χ3v) is 1.15. The monoisotopic (exact) mass is 225 g/mol. The summed E-state index contributed by atoms with van der Waals surface area (Å²) in [5, 5.41) is 10.1. The maximum Gasteiger partial charge on any atom is 0.245 e. The molecule has 1 aromatic rings. The van der Waals surface area contributed by atoms with E-state index in [1.807, 2.05) is 0 Å². The molecule has 11 heavy (non-hydrogen) atoms. The van der Waals surface area contributed by atoms with Crippen molar-refractivity contribution in [2.45, 2.75) is 0 Å². The summed E-state index contributed by atoms with van der Waals surface area (Å²) in [6.07, 6.45) is 0. The predicted octanol–water partition coefficient (Wildman–Crippen LogP) is 1.77. The van der Waals surface area contributed by atoms with E-state index in [1.54, 1.807) is 12.1 Å². The van der Waals surface area contributed by atoms with Crippen LogP contribution in [0.3, 0.4) is 0 Å². The Kier molecular flexibility index (Phi) is 4.30. The topological polar surface area (TPSA) is 43.1 Å². The molecule has 0 unspecified atom stereocenters. The third kappa shape index (κ3) is 2.99. The van der Waals surface area contributed by atoms with Crippen molar-refractivity contribution in [1.29, 1.82) is 0 Å². The maximum atomic E-state index is 10.1. The van der Waals surface area contributed by atoms with Crippen LogP contribution in [0.5, 0.6) is 0 Å². The molecule has 1 aromatic carbocycles. The van der Waals surface area contributed by atoms with Gasteiger partial charge in [0.05, 0.1) is 4.92 Å². The fourth-order valence-corrected chi connectivity index (χ4v) is 0.618. The van der Waals surface area contributed by atoms with Gasteiger partial charge in [-0.15, -0.1) is 0 Å². The zero-order valence-electron chi connectivity index (χ0n) is 5.86. The smallest absolute Gasteiger partial charge is 0.245 e. The van der Waals surface area contributed by atoms with Crippen LogP contribution in [0, 0.1) is 17.0 Å². The van der Waals surface area contributed by atoms with E-state index in [0.717, 1.165) is 5.56 Å². The average molecular weight is 225 g/mol. The van der Waals surface area contributed by atoms with Crippen molar-refractivity contribution in [1.82, 2.24) is 0 Å². The second kappa shape index (κ2) is 4.47. The molecule has 0 aromatic heterocycles. The first-order valence-corrected chi connectivity index (χ1v) is 2.76. The Morgan fingerprint density at radius 3 is 2.09 bits per heavy atom. The van der Waals surface area contributed by atoms with Crippen molar-refractivity contribution in [3.05, 3.63) is 46.9 Å². The van der Waals surface area contributed by atoms with Crippen LogP contribution < -0.4 is 0 Å². The van der Waals surface area contributed by atoms with Gasteiger partial charge in [-0.2, -0.15) is 24.6 Å². The summed E-state index contributed by atoms with van der Waals surface area (Å²) < 4.78 is 0. The molecule has 3 nitrogen and oxygen atoms in total. The van der Waals surface area contributed by atoms with Gasteiger partial charge in [-0.25, -0.2) is 0 Å². The van der Waals surface area contributed by atoms with Crippen LogP contribution in [-0.4, -0.2) is 4.92 Å². The van der Waals surface area contributed by atoms with E-state index in [2.05, 4.69) is 6.92 Å². The maximum absolute atomic E-state index is 10.1. The fraction of sp³-hybridized carbons (Fsp3) is 0. The van der Waals surface area contributed by atoms with E-state index in [9.17, 15) is 10.1 Å². The Morgan fingerprint density at radius 1 is 1.27 bits per heavy atom. The van der Waals surface area contributed by atoms with Crippen LogP contribution in [0.15, 0.2) is 24.3 Å². The second-order valence-corrected chi connectivity index (χ2v) is 1.92. The van der Waals surface area contributed by atoms with Gasteiger partial charge >= 0.3 is 0 Å². The zero-order valence-corrected chi connectivity index (χ0v) is 8.70. The van der Waals surface area contributed by atoms with Crippen LogP contribution in [0.25, 0.3) is 0 Å². The van der Waals surface area contributed by atoms with Crippen LogP contribution in [-0.2, 0) is 32.7 Å². The SMILES string of the molecule is [CH2-]c1ccc([N+](=O)[O-])cc1.[Y]. The molecule has 1 rings (SSSR count). The molecule has 0 heterocycles. The number of hydrogen-bond donors (Lipinski definition) is 0. The van der Waals surface area contributed by atoms with Crippen molar-refractivity contribution in [2.75, 3.05) is 0 Å². The molecule has 0 amide bonds. The van der Waals surface area contributed by atoms with Crippen LogP contribution >= 0.6 is 0 Å². The minimum Gasteiger partial charge on any atom is -0.258 e. The fourth-order valence-electron chi connectivity index (χ4n) is 0.618. The van der Waals surface area contributed by atoms with Gasteiger partial charge in [0.2, 0.25) is 5.69 Å². The van der Waals surface area contributed by atoms with E-state index in [-0.39, 0.29) is 38.4 Å². The predicted molar refractivity (Wildman–Crippen MR) is 37.6 cm³/mol. The quantitative estimate of drug-likeness (QED) is 0.415. The summed E-state index contributed by atoms with van der Waals surface area (Å²) in [4.78, 5) is 9.67. The Labute approximate surface area is 89.8 Å². The van der Waals surface area contributed by atoms with Crippen molar-refractivity contribution in [3.63, 3.8) is 0 Å². The van der Waals surface area contributed by atoms with E-state index in [0.29, 0.717) is 0 Å². The number of benzene rings is 1. The first-order valence-electron chi connectivity index (χ1n) is 2.76. The van der Waals surface area contributed by atoms with Crippen molar-refractivity contribution < 1.29 is 37.6 Å². The summed E-state index contributed by atoms with van der Waals surface area (Å²) in [6.45, 7) is 3.60. The van der Waals surface area contributed by atoms with Crippen LogP contribution in [0.1, 0.15) is 5.56 Å². The first kappa shape index (κ1) is 10.6. The minimum absolute atomic E-state index is 0. The van der Waals surface area contributed by atoms with Crippen molar-refractivity contribution in [2.24, 2.45) is 0 Å². The number of rotatable bonds is 1. The normalized spacial score (nSPS) is 8.36. The summed E-state index contributed by atoms with van der Waals surface area (Å²) >= 11 is 0. The van der Waals surface area contributed by atoms with Crippen molar-refractivity contribution >= 4 is 5.69 Å². The van der Waals surface area contributed by atoms with Gasteiger partial charge in [0.1, 0.15) is 0 Å². The van der Waals surface area contributed by atoms with E-state index >= 15 is 0 Å². The second-order valence-electron chi connectivity index (χ2n) is 1.92. The molecule has 0 aliphatic heterocycles. The van der Waals surface area contributed by atoms with Gasteiger partial charge in [-0.05, 0) is 12.1 Å². The molecule has 0 saturated heterocycles. The molecule has 0 bridgehead atoms. The standard InChI is InChI=1S/C7H6NO2.Y/c1-6-2-4-7(5-3-6)8(9)10;/h2-5H,1H2;/q-1;. The molecule has 1 radical (unpaired) electrons. The third-order valence-electron chi connectivity index (χ3n) is 1.15. The molecular formula is C7H6NO2Y-. The average Bonchev–Trinajstić information content (AvgIpc) is 1.88. The molecular weight excluding hydrogens is 219 g/mol. The van der Waals surface area contributed by atoms with Gasteiger partial charge in [0, 0.05) is 32.7 Å². The largest absolute Gasteiger partial charge is 0.258 e. The van der Waals surface area contributed by atoms with Crippen molar-refractivity contribution in [3.8, 4) is 0 Å². The molecule has 0 fully saturated rings. The summed E-state index contributed by atoms with van der Waals surface area (Å²) in [7, 11) is 0. The molecule has 0 spiro atoms. The van der Waals surface area contributed by atoms with E-state index in [1.165, 1.54) is 12.1 Å². The van der Waals surface area contributed by atoms with Gasteiger partial charge in [-0.1, -0.05) is 0 Å². The number of nitrogens with zero attached hydrogens (tertiary/aromatic N) is 1. The molecule has 0 aliphatic rings. The number of hydrogen-bond acceptors (Lipinski definition) is 2. The first-order chi connectivity index (χ1) is 4.70. The summed E-state index contributed by atoms with van der Waals surface area (Å²) in [6, 6.07) is 6.08. The van der Waals surface area contributed by atoms with E-state index in [4.69, 9.17) is 0 Å². The van der Waals surface area contributed by atoms with Gasteiger partial charge in [-0.3, -0.25) is 10.1 Å². The number of nitro groups is 1. The molecule has 0 aliphatic carbocycles. The van der Waals surface area contributed by atoms with E-state index < -0.39 is 4.92 Å². The number of non-ortho nitro benzene ring substituents is 1. The molecule has 0 saturated carbocycles. The minimum atomic E-state index is -0.431. The van der Waals surface area contributed by atoms with Gasteiger partial charge in [0.25, 0.3) is 0 Å². The molecule has 0 atom stereocenters. The summed E-state index contributed by atoms with van der Waals surface area (Å²) in [5.74, 6) is 0. The molecule has 4 heteroatoms. The Balaban J connectivity index is 0.000001000. The van der Waals surface area contributed by atoms with Crippen LogP contribution in [0.2, 0.25) is 0 Å². The number of nitro benzene ring substituents is 1. The zero-order chi connectivity index (χ0) is 7.56.